The predicted molar refractivity (Wildman–Crippen MR) is 81.4 cm³/mol. The van der Waals surface area contributed by atoms with Gasteiger partial charge in [-0.1, -0.05) is 0 Å². The van der Waals surface area contributed by atoms with Gasteiger partial charge in [-0.15, -0.1) is 0 Å². The second kappa shape index (κ2) is 5.40. The Morgan fingerprint density at radius 3 is 2.75 bits per heavy atom. The number of nitrogen functional groups attached to an aromatic ring is 1. The van der Waals surface area contributed by atoms with Gasteiger partial charge in [-0.2, -0.15) is 0 Å². The predicted octanol–water partition coefficient (Wildman–Crippen LogP) is 1.35. The molecule has 1 aromatic rings. The monoisotopic (exact) mass is 273 g/mol. The molecule has 3 heterocycles. The van der Waals surface area contributed by atoms with Gasteiger partial charge in [-0.3, -0.25) is 10.3 Å². The number of amidine groups is 1. The molecule has 0 aromatic carbocycles. The molecule has 5 nitrogen and oxygen atoms in total. The van der Waals surface area contributed by atoms with Crippen LogP contribution < -0.4 is 10.6 Å². The first kappa shape index (κ1) is 13.4. The molecule has 2 fully saturated rings. The molecule has 3 rings (SSSR count). The zero-order chi connectivity index (χ0) is 14.1. The van der Waals surface area contributed by atoms with Crippen LogP contribution in [0.2, 0.25) is 0 Å². The number of anilines is 1. The molecular weight excluding hydrogens is 250 g/mol. The van der Waals surface area contributed by atoms with Crippen LogP contribution in [0.4, 0.5) is 5.82 Å². The zero-order valence-corrected chi connectivity index (χ0v) is 12.1. The van der Waals surface area contributed by atoms with Gasteiger partial charge in [0.1, 0.15) is 11.7 Å². The third-order valence-corrected chi connectivity index (χ3v) is 4.40. The average molecular weight is 273 g/mol. The van der Waals surface area contributed by atoms with Crippen molar-refractivity contribution >= 4 is 11.7 Å². The summed E-state index contributed by atoms with van der Waals surface area (Å²) in [7, 11) is 0. The first-order valence-corrected chi connectivity index (χ1v) is 7.45. The van der Waals surface area contributed by atoms with E-state index in [0.717, 1.165) is 30.2 Å². The van der Waals surface area contributed by atoms with Crippen molar-refractivity contribution in [2.45, 2.75) is 32.2 Å². The molecule has 2 aliphatic rings. The number of rotatable bonds is 3. The molecule has 0 spiro atoms. The maximum absolute atomic E-state index is 7.60. The number of nitrogens with zero attached hydrogens (tertiary/aromatic N) is 3. The molecule has 0 bridgehead atoms. The van der Waals surface area contributed by atoms with Crippen LogP contribution in [0.3, 0.4) is 0 Å². The summed E-state index contributed by atoms with van der Waals surface area (Å²) in [6.07, 6.45) is 3.90. The van der Waals surface area contributed by atoms with E-state index in [1.165, 1.54) is 32.4 Å². The van der Waals surface area contributed by atoms with E-state index in [-0.39, 0.29) is 5.84 Å². The molecule has 2 saturated heterocycles. The summed E-state index contributed by atoms with van der Waals surface area (Å²) in [5.41, 5.74) is 7.31. The van der Waals surface area contributed by atoms with E-state index in [2.05, 4.69) is 14.8 Å². The van der Waals surface area contributed by atoms with Crippen LogP contribution in [-0.4, -0.2) is 47.9 Å². The summed E-state index contributed by atoms with van der Waals surface area (Å²) in [5, 5.41) is 7.60. The molecule has 5 heteroatoms. The second-order valence-electron chi connectivity index (χ2n) is 5.90. The number of hydrogen-bond donors (Lipinski definition) is 2. The smallest absolute Gasteiger partial charge is 0.129 e. The van der Waals surface area contributed by atoms with E-state index in [4.69, 9.17) is 11.1 Å². The first-order chi connectivity index (χ1) is 9.63. The van der Waals surface area contributed by atoms with Gasteiger partial charge in [0.25, 0.3) is 0 Å². The van der Waals surface area contributed by atoms with E-state index in [9.17, 15) is 0 Å². The van der Waals surface area contributed by atoms with Crippen LogP contribution in [0.1, 0.15) is 30.5 Å². The van der Waals surface area contributed by atoms with Crippen molar-refractivity contribution in [2.75, 3.05) is 31.1 Å². The van der Waals surface area contributed by atoms with Crippen molar-refractivity contribution < 1.29 is 0 Å². The minimum atomic E-state index is 0.118. The Kier molecular flexibility index (Phi) is 3.61. The third-order valence-electron chi connectivity index (χ3n) is 4.40. The molecule has 1 unspecified atom stereocenters. The number of nitrogens with one attached hydrogen (secondary N) is 1. The summed E-state index contributed by atoms with van der Waals surface area (Å²) in [6, 6.07) is 4.49. The van der Waals surface area contributed by atoms with Crippen molar-refractivity contribution in [1.82, 2.24) is 9.88 Å². The van der Waals surface area contributed by atoms with Crippen LogP contribution >= 0.6 is 0 Å². The van der Waals surface area contributed by atoms with Crippen molar-refractivity contribution in [2.24, 2.45) is 5.73 Å². The number of aromatic nitrogens is 1. The van der Waals surface area contributed by atoms with Crippen LogP contribution in [0.25, 0.3) is 0 Å². The number of nitrogens with two attached hydrogens (primary N) is 1. The highest BCUT2D eigenvalue weighted by molar-refractivity contribution is 5.95. The van der Waals surface area contributed by atoms with Crippen LogP contribution in [-0.2, 0) is 0 Å². The van der Waals surface area contributed by atoms with E-state index in [0.29, 0.717) is 6.04 Å². The SMILES string of the molecule is Cc1cc(C(=N)N)cc(N2CCC(N3CCCC3)C2)n1. The molecule has 3 N–H and O–H groups in total. The lowest BCUT2D eigenvalue weighted by molar-refractivity contribution is 0.260. The highest BCUT2D eigenvalue weighted by Crippen LogP contribution is 2.25. The van der Waals surface area contributed by atoms with E-state index in [1.54, 1.807) is 0 Å². The fraction of sp³-hybridized carbons (Fsp3) is 0.600. The molecular formula is C15H23N5. The maximum Gasteiger partial charge on any atom is 0.129 e. The largest absolute Gasteiger partial charge is 0.384 e. The van der Waals surface area contributed by atoms with Crippen molar-refractivity contribution in [3.63, 3.8) is 0 Å². The van der Waals surface area contributed by atoms with Gasteiger partial charge in [0.15, 0.2) is 0 Å². The lowest BCUT2D eigenvalue weighted by atomic mass is 10.2. The number of pyridine rings is 1. The summed E-state index contributed by atoms with van der Waals surface area (Å²) in [6.45, 7) is 6.56. The minimum absolute atomic E-state index is 0.118. The van der Waals surface area contributed by atoms with Crippen molar-refractivity contribution in [3.05, 3.63) is 23.4 Å². The Hall–Kier alpha value is -1.62. The quantitative estimate of drug-likeness (QED) is 0.644. The van der Waals surface area contributed by atoms with E-state index >= 15 is 0 Å². The lowest BCUT2D eigenvalue weighted by Crippen LogP contribution is -2.35. The zero-order valence-electron chi connectivity index (χ0n) is 12.1. The highest BCUT2D eigenvalue weighted by Gasteiger charge is 2.30. The number of likely N-dealkylation sites (tertiary alicyclic amines) is 1. The van der Waals surface area contributed by atoms with Crippen LogP contribution in [0.15, 0.2) is 12.1 Å². The number of hydrogen-bond acceptors (Lipinski definition) is 4. The van der Waals surface area contributed by atoms with Crippen LogP contribution in [0, 0.1) is 12.3 Å². The minimum Gasteiger partial charge on any atom is -0.384 e. The van der Waals surface area contributed by atoms with Gasteiger partial charge < -0.3 is 10.6 Å². The summed E-state index contributed by atoms with van der Waals surface area (Å²) >= 11 is 0. The Morgan fingerprint density at radius 1 is 1.30 bits per heavy atom. The van der Waals surface area contributed by atoms with Gasteiger partial charge >= 0.3 is 0 Å². The highest BCUT2D eigenvalue weighted by atomic mass is 15.3. The molecule has 2 aliphatic heterocycles. The van der Waals surface area contributed by atoms with E-state index in [1.807, 2.05) is 19.1 Å². The maximum atomic E-state index is 7.60. The first-order valence-electron chi connectivity index (χ1n) is 7.45. The Balaban J connectivity index is 1.75. The molecule has 1 aromatic heterocycles. The standard InChI is InChI=1S/C15H23N5/c1-11-8-12(15(16)17)9-14(18-11)20-7-4-13(10-20)19-5-2-3-6-19/h8-9,13H,2-7,10H2,1H3,(H3,16,17). The van der Waals surface area contributed by atoms with Crippen molar-refractivity contribution in [3.8, 4) is 0 Å². The summed E-state index contributed by atoms with van der Waals surface area (Å²) in [5.74, 6) is 1.09. The number of aryl methyl sites for hydroxylation is 1. The molecule has 108 valence electrons. The fourth-order valence-electron chi connectivity index (χ4n) is 3.32. The Labute approximate surface area is 120 Å². The van der Waals surface area contributed by atoms with Crippen molar-refractivity contribution in [1.29, 1.82) is 5.41 Å². The van der Waals surface area contributed by atoms with E-state index < -0.39 is 0 Å². The molecule has 0 aliphatic carbocycles. The van der Waals surface area contributed by atoms with Crippen LogP contribution in [0.5, 0.6) is 0 Å². The Morgan fingerprint density at radius 2 is 2.05 bits per heavy atom. The van der Waals surface area contributed by atoms with Gasteiger partial charge in [0.05, 0.1) is 0 Å². The summed E-state index contributed by atoms with van der Waals surface area (Å²) < 4.78 is 0. The summed E-state index contributed by atoms with van der Waals surface area (Å²) in [4.78, 5) is 9.56. The molecule has 20 heavy (non-hydrogen) atoms. The molecule has 0 amide bonds. The molecule has 0 radical (unpaired) electrons. The molecule has 1 atom stereocenters. The van der Waals surface area contributed by atoms with Gasteiger partial charge in [-0.25, -0.2) is 4.98 Å². The topological polar surface area (TPSA) is 69.2 Å². The Bertz CT molecular complexity index is 507. The third kappa shape index (κ3) is 2.63. The lowest BCUT2D eigenvalue weighted by Gasteiger charge is -2.24. The van der Waals surface area contributed by atoms with Gasteiger partial charge in [0, 0.05) is 30.4 Å². The van der Waals surface area contributed by atoms with Gasteiger partial charge in [0.2, 0.25) is 0 Å². The molecule has 0 saturated carbocycles. The second-order valence-corrected chi connectivity index (χ2v) is 5.90. The van der Waals surface area contributed by atoms with Gasteiger partial charge in [-0.05, 0) is 51.4 Å². The fourth-order valence-corrected chi connectivity index (χ4v) is 3.32. The average Bonchev–Trinajstić information content (AvgIpc) is 3.09. The normalized spacial score (nSPS) is 23.4.